The number of hydrogen-bond acceptors (Lipinski definition) is 4. The zero-order chi connectivity index (χ0) is 17.3. The summed E-state index contributed by atoms with van der Waals surface area (Å²) in [4.78, 5) is 40.1. The van der Waals surface area contributed by atoms with E-state index in [1.165, 1.54) is 4.90 Å². The van der Waals surface area contributed by atoms with E-state index in [1.807, 2.05) is 24.4 Å². The molecule has 0 spiro atoms. The van der Waals surface area contributed by atoms with Crippen LogP contribution in [0, 0.1) is 0 Å². The van der Waals surface area contributed by atoms with Crippen LogP contribution in [0.25, 0.3) is 0 Å². The number of carbonyl (C=O) groups is 3. The molecule has 1 aliphatic rings. The first kappa shape index (κ1) is 16.4. The van der Waals surface area contributed by atoms with Gasteiger partial charge in [0.05, 0.1) is 11.7 Å². The molecule has 1 fully saturated rings. The van der Waals surface area contributed by atoms with Crippen molar-refractivity contribution in [2.75, 3.05) is 11.9 Å². The molecule has 0 saturated carbocycles. The van der Waals surface area contributed by atoms with E-state index in [9.17, 15) is 14.4 Å². The Balaban J connectivity index is 1.76. The third-order valence-electron chi connectivity index (χ3n) is 4.28. The Kier molecular flexibility index (Phi) is 4.49. The van der Waals surface area contributed by atoms with Gasteiger partial charge in [0.15, 0.2) is 0 Å². The molecule has 0 unspecified atom stereocenters. The van der Waals surface area contributed by atoms with Gasteiger partial charge < -0.3 is 4.90 Å². The minimum Gasteiger partial charge on any atom is -0.334 e. The molecular formula is C18H18N2O3S. The van der Waals surface area contributed by atoms with Gasteiger partial charge in [-0.1, -0.05) is 6.07 Å². The Morgan fingerprint density at radius 1 is 1.12 bits per heavy atom. The van der Waals surface area contributed by atoms with Gasteiger partial charge >= 0.3 is 0 Å². The van der Waals surface area contributed by atoms with E-state index in [4.69, 9.17) is 0 Å². The first-order valence-corrected chi connectivity index (χ1v) is 8.63. The maximum Gasteiger partial charge on any atom is 0.254 e. The average Bonchev–Trinajstić information content (AvgIpc) is 3.23. The van der Waals surface area contributed by atoms with Gasteiger partial charge in [-0.15, -0.1) is 11.3 Å². The number of carbonyl (C=O) groups excluding carboxylic acids is 3. The van der Waals surface area contributed by atoms with Crippen LogP contribution in [0.5, 0.6) is 0 Å². The van der Waals surface area contributed by atoms with E-state index in [0.717, 1.165) is 4.88 Å². The SMILES string of the molecule is C[C@@H](c1cccs1)N(C)C(=O)c1ccc(N2C(=O)CCC2=O)cc1. The van der Waals surface area contributed by atoms with Crippen LogP contribution in [0.2, 0.25) is 0 Å². The largest absolute Gasteiger partial charge is 0.334 e. The van der Waals surface area contributed by atoms with Crippen LogP contribution in [0.4, 0.5) is 5.69 Å². The highest BCUT2D eigenvalue weighted by atomic mass is 32.1. The number of nitrogens with zero attached hydrogens (tertiary/aromatic N) is 2. The summed E-state index contributed by atoms with van der Waals surface area (Å²) in [6.07, 6.45) is 0.501. The van der Waals surface area contributed by atoms with Gasteiger partial charge in [0, 0.05) is 30.3 Å². The van der Waals surface area contributed by atoms with Crippen molar-refractivity contribution < 1.29 is 14.4 Å². The van der Waals surface area contributed by atoms with E-state index in [-0.39, 0.29) is 36.6 Å². The first-order chi connectivity index (χ1) is 11.5. The van der Waals surface area contributed by atoms with Crippen LogP contribution in [0.15, 0.2) is 41.8 Å². The Hall–Kier alpha value is -2.47. The fraction of sp³-hybridized carbons (Fsp3) is 0.278. The van der Waals surface area contributed by atoms with Gasteiger partial charge in [-0.05, 0) is 42.6 Å². The van der Waals surface area contributed by atoms with Crippen molar-refractivity contribution in [3.8, 4) is 0 Å². The second-order valence-corrected chi connectivity index (χ2v) is 6.76. The van der Waals surface area contributed by atoms with E-state index in [0.29, 0.717) is 11.3 Å². The Morgan fingerprint density at radius 2 is 1.75 bits per heavy atom. The average molecular weight is 342 g/mol. The third kappa shape index (κ3) is 2.97. The molecule has 1 saturated heterocycles. The predicted molar refractivity (Wildman–Crippen MR) is 93.0 cm³/mol. The Morgan fingerprint density at radius 3 is 2.29 bits per heavy atom. The summed E-state index contributed by atoms with van der Waals surface area (Å²) in [5.41, 5.74) is 1.05. The molecule has 3 rings (SSSR count). The normalized spacial score (nSPS) is 15.7. The summed E-state index contributed by atoms with van der Waals surface area (Å²) in [5.74, 6) is -0.480. The fourth-order valence-corrected chi connectivity index (χ4v) is 3.54. The molecular weight excluding hydrogens is 324 g/mol. The van der Waals surface area contributed by atoms with Crippen LogP contribution in [0.1, 0.15) is 41.0 Å². The standard InChI is InChI=1S/C18H18N2O3S/c1-12(15-4-3-11-24-15)19(2)18(23)13-5-7-14(8-6-13)20-16(21)9-10-17(20)22/h3-8,11-12H,9-10H2,1-2H3/t12-/m0/s1. The van der Waals surface area contributed by atoms with Crippen LogP contribution in [-0.2, 0) is 9.59 Å². The van der Waals surface area contributed by atoms with E-state index in [1.54, 1.807) is 47.5 Å². The third-order valence-corrected chi connectivity index (χ3v) is 5.32. The van der Waals surface area contributed by atoms with Crippen molar-refractivity contribution in [1.82, 2.24) is 4.90 Å². The van der Waals surface area contributed by atoms with Crippen molar-refractivity contribution in [2.24, 2.45) is 0 Å². The molecule has 0 N–H and O–H groups in total. The molecule has 6 heteroatoms. The van der Waals surface area contributed by atoms with Crippen LogP contribution < -0.4 is 4.90 Å². The van der Waals surface area contributed by atoms with Crippen molar-refractivity contribution >= 4 is 34.7 Å². The molecule has 1 aliphatic heterocycles. The maximum atomic E-state index is 12.6. The molecule has 24 heavy (non-hydrogen) atoms. The maximum absolute atomic E-state index is 12.6. The van der Waals surface area contributed by atoms with E-state index >= 15 is 0 Å². The lowest BCUT2D eigenvalue weighted by Crippen LogP contribution is -2.30. The molecule has 0 bridgehead atoms. The van der Waals surface area contributed by atoms with Gasteiger partial charge in [0.25, 0.3) is 5.91 Å². The summed E-state index contributed by atoms with van der Waals surface area (Å²) in [6, 6.07) is 10.6. The quantitative estimate of drug-likeness (QED) is 0.802. The van der Waals surface area contributed by atoms with Gasteiger partial charge in [-0.2, -0.15) is 0 Å². The zero-order valence-electron chi connectivity index (χ0n) is 13.6. The van der Waals surface area contributed by atoms with E-state index in [2.05, 4.69) is 0 Å². The number of anilines is 1. The van der Waals surface area contributed by atoms with Crippen molar-refractivity contribution in [1.29, 1.82) is 0 Å². The molecule has 1 atom stereocenters. The fourth-order valence-electron chi connectivity index (χ4n) is 2.72. The van der Waals surface area contributed by atoms with E-state index < -0.39 is 0 Å². The van der Waals surface area contributed by atoms with Gasteiger partial charge in [0.1, 0.15) is 0 Å². The number of rotatable bonds is 4. The molecule has 0 aliphatic carbocycles. The monoisotopic (exact) mass is 342 g/mol. The summed E-state index contributed by atoms with van der Waals surface area (Å²) >= 11 is 1.62. The molecule has 1 aromatic heterocycles. The summed E-state index contributed by atoms with van der Waals surface area (Å²) in [6.45, 7) is 1.99. The lowest BCUT2D eigenvalue weighted by Gasteiger charge is -2.24. The molecule has 1 aromatic carbocycles. The molecule has 3 amide bonds. The minimum absolute atomic E-state index is 0.0149. The Labute approximate surface area is 144 Å². The molecule has 0 radical (unpaired) electrons. The van der Waals surface area contributed by atoms with Crippen molar-refractivity contribution in [3.05, 3.63) is 52.2 Å². The number of benzene rings is 1. The van der Waals surface area contributed by atoms with Crippen LogP contribution in [-0.4, -0.2) is 29.7 Å². The summed E-state index contributed by atoms with van der Waals surface area (Å²) in [5, 5.41) is 1.99. The topological polar surface area (TPSA) is 57.7 Å². The Bertz CT molecular complexity index is 752. The predicted octanol–water partition coefficient (Wildman–Crippen LogP) is 3.23. The second kappa shape index (κ2) is 6.57. The summed E-state index contributed by atoms with van der Waals surface area (Å²) in [7, 11) is 1.77. The molecule has 124 valence electrons. The van der Waals surface area contributed by atoms with Gasteiger partial charge in [0.2, 0.25) is 11.8 Å². The second-order valence-electron chi connectivity index (χ2n) is 5.78. The highest BCUT2D eigenvalue weighted by Gasteiger charge is 2.30. The van der Waals surface area contributed by atoms with Gasteiger partial charge in [-0.25, -0.2) is 0 Å². The number of imide groups is 1. The minimum atomic E-state index is -0.192. The number of thiophene rings is 1. The lowest BCUT2D eigenvalue weighted by molar-refractivity contribution is -0.121. The van der Waals surface area contributed by atoms with Crippen LogP contribution in [0.3, 0.4) is 0 Å². The molecule has 2 heterocycles. The summed E-state index contributed by atoms with van der Waals surface area (Å²) < 4.78 is 0. The number of amides is 3. The highest BCUT2D eigenvalue weighted by molar-refractivity contribution is 7.10. The van der Waals surface area contributed by atoms with Crippen molar-refractivity contribution in [2.45, 2.75) is 25.8 Å². The molecule has 5 nitrogen and oxygen atoms in total. The number of hydrogen-bond donors (Lipinski definition) is 0. The zero-order valence-corrected chi connectivity index (χ0v) is 14.4. The lowest BCUT2D eigenvalue weighted by atomic mass is 10.1. The molecule has 2 aromatic rings. The smallest absolute Gasteiger partial charge is 0.254 e. The first-order valence-electron chi connectivity index (χ1n) is 7.75. The van der Waals surface area contributed by atoms with Crippen LogP contribution >= 0.6 is 11.3 Å². The highest BCUT2D eigenvalue weighted by Crippen LogP contribution is 2.26. The van der Waals surface area contributed by atoms with Crippen molar-refractivity contribution in [3.63, 3.8) is 0 Å². The van der Waals surface area contributed by atoms with Gasteiger partial charge in [-0.3, -0.25) is 19.3 Å².